The van der Waals surface area contributed by atoms with Crippen LogP contribution in [0.2, 0.25) is 5.15 Å². The Labute approximate surface area is 116 Å². The molecule has 0 fully saturated rings. The van der Waals surface area contributed by atoms with Gasteiger partial charge in [0.1, 0.15) is 5.15 Å². The third-order valence-electron chi connectivity index (χ3n) is 3.05. The molecular formula is C14H13ClN4. The Morgan fingerprint density at radius 2 is 1.79 bits per heavy atom. The van der Waals surface area contributed by atoms with Crippen molar-refractivity contribution in [2.75, 3.05) is 0 Å². The molecule has 0 spiro atoms. The van der Waals surface area contributed by atoms with Crippen LogP contribution >= 0.6 is 11.6 Å². The van der Waals surface area contributed by atoms with E-state index in [4.69, 9.17) is 11.6 Å². The smallest absolute Gasteiger partial charge is 0.178 e. The largest absolute Gasteiger partial charge is 0.196 e. The summed E-state index contributed by atoms with van der Waals surface area (Å²) >= 11 is 5.89. The first kappa shape index (κ1) is 12.1. The molecule has 0 aliphatic heterocycles. The zero-order chi connectivity index (χ0) is 13.2. The van der Waals surface area contributed by atoms with Crippen LogP contribution in [0.15, 0.2) is 36.4 Å². The van der Waals surface area contributed by atoms with Gasteiger partial charge in [-0.3, -0.25) is 0 Å². The fourth-order valence-corrected chi connectivity index (χ4v) is 2.12. The van der Waals surface area contributed by atoms with Crippen molar-refractivity contribution in [3.8, 4) is 0 Å². The second-order valence-electron chi connectivity index (χ2n) is 4.53. The SMILES string of the molecule is Cc1ccc(CCc2nnc3ccc(Cl)nn23)cc1. The van der Waals surface area contributed by atoms with Crippen molar-refractivity contribution in [3.63, 3.8) is 0 Å². The first-order valence-electron chi connectivity index (χ1n) is 6.15. The Morgan fingerprint density at radius 3 is 2.58 bits per heavy atom. The fourth-order valence-electron chi connectivity index (χ4n) is 1.98. The molecule has 2 aromatic heterocycles. The van der Waals surface area contributed by atoms with Crippen LogP contribution in [0, 0.1) is 6.92 Å². The molecule has 19 heavy (non-hydrogen) atoms. The predicted octanol–water partition coefficient (Wildman–Crippen LogP) is 2.87. The highest BCUT2D eigenvalue weighted by Gasteiger charge is 2.07. The molecule has 1 aromatic carbocycles. The van der Waals surface area contributed by atoms with Crippen molar-refractivity contribution in [2.24, 2.45) is 0 Å². The number of nitrogens with zero attached hydrogens (tertiary/aromatic N) is 4. The van der Waals surface area contributed by atoms with Gasteiger partial charge in [-0.2, -0.15) is 9.61 Å². The van der Waals surface area contributed by atoms with Gasteiger partial charge in [0.05, 0.1) is 0 Å². The van der Waals surface area contributed by atoms with Gasteiger partial charge in [-0.1, -0.05) is 41.4 Å². The second kappa shape index (κ2) is 4.97. The average Bonchev–Trinajstić information content (AvgIpc) is 2.80. The molecular weight excluding hydrogens is 260 g/mol. The Kier molecular flexibility index (Phi) is 3.17. The summed E-state index contributed by atoms with van der Waals surface area (Å²) in [5, 5.41) is 12.9. The predicted molar refractivity (Wildman–Crippen MR) is 74.4 cm³/mol. The lowest BCUT2D eigenvalue weighted by Crippen LogP contribution is -2.01. The number of aromatic nitrogens is 4. The van der Waals surface area contributed by atoms with Crippen molar-refractivity contribution in [1.29, 1.82) is 0 Å². The molecule has 0 N–H and O–H groups in total. The second-order valence-corrected chi connectivity index (χ2v) is 4.92. The number of rotatable bonds is 3. The van der Waals surface area contributed by atoms with Crippen LogP contribution in [0.1, 0.15) is 17.0 Å². The van der Waals surface area contributed by atoms with Gasteiger partial charge < -0.3 is 0 Å². The molecule has 96 valence electrons. The summed E-state index contributed by atoms with van der Waals surface area (Å²) in [6.07, 6.45) is 1.70. The highest BCUT2D eigenvalue weighted by atomic mass is 35.5. The van der Waals surface area contributed by atoms with Gasteiger partial charge >= 0.3 is 0 Å². The summed E-state index contributed by atoms with van der Waals surface area (Å²) in [6, 6.07) is 12.0. The lowest BCUT2D eigenvalue weighted by molar-refractivity contribution is 0.784. The van der Waals surface area contributed by atoms with Crippen LogP contribution in [0.3, 0.4) is 0 Å². The standard InChI is InChI=1S/C14H13ClN4/c1-10-2-4-11(5-3-10)6-8-13-16-17-14-9-7-12(15)18-19(13)14/h2-5,7,9H,6,8H2,1H3. The summed E-state index contributed by atoms with van der Waals surface area (Å²) in [4.78, 5) is 0. The molecule has 0 aliphatic carbocycles. The summed E-state index contributed by atoms with van der Waals surface area (Å²) in [5.41, 5.74) is 3.28. The first-order valence-corrected chi connectivity index (χ1v) is 6.52. The van der Waals surface area contributed by atoms with Crippen LogP contribution in [0.5, 0.6) is 0 Å². The number of hydrogen-bond donors (Lipinski definition) is 0. The Morgan fingerprint density at radius 1 is 1.00 bits per heavy atom. The number of halogens is 1. The van der Waals surface area contributed by atoms with Crippen LogP contribution in [0.4, 0.5) is 0 Å². The molecule has 0 amide bonds. The highest BCUT2D eigenvalue weighted by molar-refractivity contribution is 6.29. The van der Waals surface area contributed by atoms with Gasteiger partial charge in [0, 0.05) is 6.42 Å². The first-order chi connectivity index (χ1) is 9.22. The lowest BCUT2D eigenvalue weighted by Gasteiger charge is -2.01. The van der Waals surface area contributed by atoms with Crippen LogP contribution in [-0.2, 0) is 12.8 Å². The lowest BCUT2D eigenvalue weighted by atomic mass is 10.1. The number of fused-ring (bicyclic) bond motifs is 1. The zero-order valence-corrected chi connectivity index (χ0v) is 11.3. The van der Waals surface area contributed by atoms with Crippen LogP contribution in [-0.4, -0.2) is 19.8 Å². The minimum absolute atomic E-state index is 0.448. The van der Waals surface area contributed by atoms with Gasteiger partial charge in [0.2, 0.25) is 0 Å². The van der Waals surface area contributed by atoms with Gasteiger partial charge in [0.15, 0.2) is 11.5 Å². The molecule has 0 saturated heterocycles. The quantitative estimate of drug-likeness (QED) is 0.736. The molecule has 0 atom stereocenters. The van der Waals surface area contributed by atoms with Crippen LogP contribution < -0.4 is 0 Å². The van der Waals surface area contributed by atoms with E-state index in [2.05, 4.69) is 46.5 Å². The molecule has 5 heteroatoms. The van der Waals surface area contributed by atoms with E-state index in [1.165, 1.54) is 11.1 Å². The summed E-state index contributed by atoms with van der Waals surface area (Å²) in [5.74, 6) is 0.832. The molecule has 0 aliphatic rings. The van der Waals surface area contributed by atoms with Gasteiger partial charge in [-0.05, 0) is 31.0 Å². The molecule has 0 saturated carbocycles. The van der Waals surface area contributed by atoms with Gasteiger partial charge in [-0.15, -0.1) is 10.2 Å². The topological polar surface area (TPSA) is 43.1 Å². The molecule has 0 radical (unpaired) electrons. The molecule has 0 unspecified atom stereocenters. The molecule has 2 heterocycles. The maximum atomic E-state index is 5.89. The third kappa shape index (κ3) is 2.58. The molecule has 4 nitrogen and oxygen atoms in total. The summed E-state index contributed by atoms with van der Waals surface area (Å²) in [7, 11) is 0. The van der Waals surface area contributed by atoms with E-state index in [1.54, 1.807) is 10.6 Å². The van der Waals surface area contributed by atoms with Crippen molar-refractivity contribution >= 4 is 17.2 Å². The van der Waals surface area contributed by atoms with E-state index >= 15 is 0 Å². The average molecular weight is 273 g/mol. The van der Waals surface area contributed by atoms with Crippen molar-refractivity contribution in [3.05, 3.63) is 58.5 Å². The molecule has 3 aromatic rings. The van der Waals surface area contributed by atoms with Crippen LogP contribution in [0.25, 0.3) is 5.65 Å². The van der Waals surface area contributed by atoms with E-state index in [-0.39, 0.29) is 0 Å². The zero-order valence-electron chi connectivity index (χ0n) is 10.5. The normalized spacial score (nSPS) is 11.1. The maximum Gasteiger partial charge on any atom is 0.178 e. The van der Waals surface area contributed by atoms with E-state index in [9.17, 15) is 0 Å². The number of benzene rings is 1. The van der Waals surface area contributed by atoms with E-state index < -0.39 is 0 Å². The van der Waals surface area contributed by atoms with E-state index in [0.29, 0.717) is 5.15 Å². The van der Waals surface area contributed by atoms with Gasteiger partial charge in [0.25, 0.3) is 0 Å². The Balaban J connectivity index is 1.81. The number of aryl methyl sites for hydroxylation is 3. The van der Waals surface area contributed by atoms with Crippen molar-refractivity contribution < 1.29 is 0 Å². The third-order valence-corrected chi connectivity index (χ3v) is 3.25. The monoisotopic (exact) mass is 272 g/mol. The summed E-state index contributed by atoms with van der Waals surface area (Å²) in [6.45, 7) is 2.09. The van der Waals surface area contributed by atoms with E-state index in [1.807, 2.05) is 6.07 Å². The Hall–Kier alpha value is -1.94. The minimum atomic E-state index is 0.448. The molecule has 0 bridgehead atoms. The highest BCUT2D eigenvalue weighted by Crippen LogP contribution is 2.10. The van der Waals surface area contributed by atoms with Crippen molar-refractivity contribution in [1.82, 2.24) is 19.8 Å². The van der Waals surface area contributed by atoms with Crippen molar-refractivity contribution in [2.45, 2.75) is 19.8 Å². The Bertz CT molecular complexity index is 703. The summed E-state index contributed by atoms with van der Waals surface area (Å²) < 4.78 is 1.70. The maximum absolute atomic E-state index is 5.89. The minimum Gasteiger partial charge on any atom is -0.196 e. The number of hydrogen-bond acceptors (Lipinski definition) is 3. The van der Waals surface area contributed by atoms with Gasteiger partial charge in [-0.25, -0.2) is 0 Å². The fraction of sp³-hybridized carbons (Fsp3) is 0.214. The van der Waals surface area contributed by atoms with E-state index in [0.717, 1.165) is 24.3 Å². The molecule has 3 rings (SSSR count).